The molecule has 0 aliphatic heterocycles. The Morgan fingerprint density at radius 2 is 2.33 bits per heavy atom. The van der Waals surface area contributed by atoms with Crippen LogP contribution in [0.3, 0.4) is 0 Å². The molecule has 0 aliphatic carbocycles. The zero-order chi connectivity index (χ0) is 14.7. The molecule has 1 aromatic carbocycles. The number of rotatable bonds is 6. The van der Waals surface area contributed by atoms with E-state index >= 15 is 0 Å². The Balaban J connectivity index is 1.68. The van der Waals surface area contributed by atoms with Gasteiger partial charge >= 0.3 is 0 Å². The maximum Gasteiger partial charge on any atom is 0.176 e. The van der Waals surface area contributed by atoms with Gasteiger partial charge in [-0.1, -0.05) is 12.1 Å². The minimum atomic E-state index is 0.144. The summed E-state index contributed by atoms with van der Waals surface area (Å²) in [5, 5.41) is 4.51. The molecule has 21 heavy (non-hydrogen) atoms. The third-order valence-corrected chi connectivity index (χ3v) is 3.57. The molecule has 2 N–H and O–H groups in total. The second-order valence-corrected chi connectivity index (χ2v) is 5.03. The lowest BCUT2D eigenvalue weighted by Crippen LogP contribution is -2.21. The van der Waals surface area contributed by atoms with Crippen LogP contribution in [-0.2, 0) is 6.42 Å². The number of aromatic amines is 1. The number of H-pyrrole nitrogens is 1. The number of hydrogen-bond acceptors (Lipinski definition) is 4. The third kappa shape index (κ3) is 2.92. The lowest BCUT2D eigenvalue weighted by atomic mass is 10.2. The van der Waals surface area contributed by atoms with Crippen LogP contribution in [0.15, 0.2) is 41.2 Å². The third-order valence-electron chi connectivity index (χ3n) is 3.57. The van der Waals surface area contributed by atoms with Crippen molar-refractivity contribution >= 4 is 11.0 Å². The zero-order valence-electron chi connectivity index (χ0n) is 12.2. The Morgan fingerprint density at radius 1 is 1.43 bits per heavy atom. The first-order valence-corrected chi connectivity index (χ1v) is 7.05. The smallest absolute Gasteiger partial charge is 0.176 e. The van der Waals surface area contributed by atoms with Gasteiger partial charge in [-0.05, 0) is 19.1 Å². The van der Waals surface area contributed by atoms with E-state index in [0.29, 0.717) is 0 Å². The number of para-hydroxylation sites is 1. The molecule has 0 radical (unpaired) electrons. The molecule has 0 bridgehead atoms. The van der Waals surface area contributed by atoms with Crippen molar-refractivity contribution in [2.75, 3.05) is 13.7 Å². The molecular formula is C16H19N3O2. The van der Waals surface area contributed by atoms with E-state index in [1.54, 1.807) is 13.4 Å². The van der Waals surface area contributed by atoms with Gasteiger partial charge in [-0.25, -0.2) is 4.98 Å². The van der Waals surface area contributed by atoms with Gasteiger partial charge in [0.05, 0.1) is 19.5 Å². The number of imidazole rings is 1. The molecule has 0 saturated carbocycles. The second kappa shape index (κ2) is 6.01. The van der Waals surface area contributed by atoms with Crippen molar-refractivity contribution < 1.29 is 9.15 Å². The van der Waals surface area contributed by atoms with E-state index in [1.807, 2.05) is 24.4 Å². The van der Waals surface area contributed by atoms with E-state index in [1.165, 1.54) is 0 Å². The highest BCUT2D eigenvalue weighted by atomic mass is 16.5. The molecule has 110 valence electrons. The summed E-state index contributed by atoms with van der Waals surface area (Å²) in [6.45, 7) is 2.95. The van der Waals surface area contributed by atoms with Gasteiger partial charge in [-0.2, -0.15) is 0 Å². The highest BCUT2D eigenvalue weighted by Crippen LogP contribution is 2.30. The van der Waals surface area contributed by atoms with Gasteiger partial charge in [0.15, 0.2) is 11.3 Å². The van der Waals surface area contributed by atoms with Gasteiger partial charge in [0.1, 0.15) is 5.76 Å². The molecule has 0 saturated heterocycles. The van der Waals surface area contributed by atoms with Crippen molar-refractivity contribution in [3.63, 3.8) is 0 Å². The number of furan rings is 1. The molecule has 0 aliphatic rings. The molecule has 5 nitrogen and oxygen atoms in total. The molecule has 1 unspecified atom stereocenters. The van der Waals surface area contributed by atoms with E-state index in [9.17, 15) is 0 Å². The SMILES string of the molecule is COc1cccc2cc(C(C)NCCc3cnc[nH]3)oc12. The van der Waals surface area contributed by atoms with Crippen molar-refractivity contribution in [3.8, 4) is 5.75 Å². The Labute approximate surface area is 123 Å². The van der Waals surface area contributed by atoms with Crippen molar-refractivity contribution in [3.05, 3.63) is 48.2 Å². The minimum absolute atomic E-state index is 0.144. The number of nitrogens with one attached hydrogen (secondary N) is 2. The summed E-state index contributed by atoms with van der Waals surface area (Å²) in [7, 11) is 1.66. The maximum atomic E-state index is 5.93. The van der Waals surface area contributed by atoms with Gasteiger partial charge in [0, 0.05) is 30.2 Å². The van der Waals surface area contributed by atoms with Crippen molar-refractivity contribution in [1.82, 2.24) is 15.3 Å². The van der Waals surface area contributed by atoms with Gasteiger partial charge in [-0.15, -0.1) is 0 Å². The van der Waals surface area contributed by atoms with Crippen LogP contribution < -0.4 is 10.1 Å². The molecule has 2 aromatic heterocycles. The van der Waals surface area contributed by atoms with Crippen LogP contribution in [-0.4, -0.2) is 23.6 Å². The first-order chi connectivity index (χ1) is 10.3. The number of benzene rings is 1. The number of fused-ring (bicyclic) bond motifs is 1. The largest absolute Gasteiger partial charge is 0.493 e. The van der Waals surface area contributed by atoms with E-state index in [2.05, 4.69) is 28.3 Å². The molecule has 0 spiro atoms. The second-order valence-electron chi connectivity index (χ2n) is 5.03. The van der Waals surface area contributed by atoms with Crippen LogP contribution in [0.1, 0.15) is 24.4 Å². The summed E-state index contributed by atoms with van der Waals surface area (Å²) in [5.74, 6) is 1.68. The number of hydrogen-bond donors (Lipinski definition) is 2. The Bertz CT molecular complexity index is 703. The van der Waals surface area contributed by atoms with Crippen molar-refractivity contribution in [2.45, 2.75) is 19.4 Å². The van der Waals surface area contributed by atoms with E-state index in [4.69, 9.17) is 9.15 Å². The van der Waals surface area contributed by atoms with Crippen LogP contribution in [0.2, 0.25) is 0 Å². The first-order valence-electron chi connectivity index (χ1n) is 7.05. The van der Waals surface area contributed by atoms with E-state index < -0.39 is 0 Å². The zero-order valence-corrected chi connectivity index (χ0v) is 12.2. The van der Waals surface area contributed by atoms with Crippen LogP contribution in [0.25, 0.3) is 11.0 Å². The quantitative estimate of drug-likeness (QED) is 0.730. The molecular weight excluding hydrogens is 266 g/mol. The van der Waals surface area contributed by atoms with E-state index in [0.717, 1.165) is 41.1 Å². The van der Waals surface area contributed by atoms with Crippen LogP contribution >= 0.6 is 0 Å². The number of aromatic nitrogens is 2. The fraction of sp³-hybridized carbons (Fsp3) is 0.312. The normalized spacial score (nSPS) is 12.7. The fourth-order valence-electron chi connectivity index (χ4n) is 2.38. The highest BCUT2D eigenvalue weighted by Gasteiger charge is 2.13. The molecule has 3 aromatic rings. The fourth-order valence-corrected chi connectivity index (χ4v) is 2.38. The molecule has 1 atom stereocenters. The van der Waals surface area contributed by atoms with Crippen LogP contribution in [0.5, 0.6) is 5.75 Å². The Morgan fingerprint density at radius 3 is 3.10 bits per heavy atom. The summed E-state index contributed by atoms with van der Waals surface area (Å²) in [4.78, 5) is 7.11. The lowest BCUT2D eigenvalue weighted by molar-refractivity contribution is 0.400. The van der Waals surface area contributed by atoms with Crippen LogP contribution in [0, 0.1) is 0 Å². The number of ether oxygens (including phenoxy) is 1. The lowest BCUT2D eigenvalue weighted by Gasteiger charge is -2.10. The summed E-state index contributed by atoms with van der Waals surface area (Å²) < 4.78 is 11.3. The Hall–Kier alpha value is -2.27. The summed E-state index contributed by atoms with van der Waals surface area (Å²) in [6, 6.07) is 8.11. The van der Waals surface area contributed by atoms with Gasteiger partial charge < -0.3 is 19.5 Å². The van der Waals surface area contributed by atoms with Crippen molar-refractivity contribution in [1.29, 1.82) is 0 Å². The summed E-state index contributed by atoms with van der Waals surface area (Å²) in [5.41, 5.74) is 1.93. The summed E-state index contributed by atoms with van der Waals surface area (Å²) >= 11 is 0. The predicted octanol–water partition coefficient (Wildman–Crippen LogP) is 3.06. The van der Waals surface area contributed by atoms with Crippen LogP contribution in [0.4, 0.5) is 0 Å². The van der Waals surface area contributed by atoms with E-state index in [-0.39, 0.29) is 6.04 Å². The standard InChI is InChI=1S/C16H19N3O2/c1-11(18-7-6-13-9-17-10-19-13)15-8-12-4-3-5-14(20-2)16(12)21-15/h3-5,8-11,18H,6-7H2,1-2H3,(H,17,19). The van der Waals surface area contributed by atoms with Gasteiger partial charge in [-0.3, -0.25) is 0 Å². The molecule has 0 fully saturated rings. The number of methoxy groups -OCH3 is 1. The molecule has 0 amide bonds. The monoisotopic (exact) mass is 285 g/mol. The Kier molecular flexibility index (Phi) is 3.92. The minimum Gasteiger partial charge on any atom is -0.493 e. The number of nitrogens with zero attached hydrogens (tertiary/aromatic N) is 1. The first kappa shape index (κ1) is 13.7. The maximum absolute atomic E-state index is 5.93. The molecule has 5 heteroatoms. The van der Waals surface area contributed by atoms with Gasteiger partial charge in [0.25, 0.3) is 0 Å². The summed E-state index contributed by atoms with van der Waals surface area (Å²) in [6.07, 6.45) is 4.45. The molecule has 2 heterocycles. The van der Waals surface area contributed by atoms with Gasteiger partial charge in [0.2, 0.25) is 0 Å². The highest BCUT2D eigenvalue weighted by molar-refractivity contribution is 5.83. The van der Waals surface area contributed by atoms with Crippen molar-refractivity contribution in [2.24, 2.45) is 0 Å². The average molecular weight is 285 g/mol. The predicted molar refractivity (Wildman–Crippen MR) is 81.5 cm³/mol. The topological polar surface area (TPSA) is 63.1 Å². The molecule has 3 rings (SSSR count). The average Bonchev–Trinajstić information content (AvgIpc) is 3.15.